The molecular weight excluding hydrogens is 353 g/mol. The fourth-order valence-electron chi connectivity index (χ4n) is 2.24. The van der Waals surface area contributed by atoms with Gasteiger partial charge in [0.25, 0.3) is 0 Å². The van der Waals surface area contributed by atoms with Crippen LogP contribution in [0.25, 0.3) is 11.4 Å². The summed E-state index contributed by atoms with van der Waals surface area (Å²) in [5.41, 5.74) is 0.523. The molecule has 3 aromatic rings. The van der Waals surface area contributed by atoms with Gasteiger partial charge in [0.05, 0.1) is 0 Å². The molecule has 8 heteroatoms. The summed E-state index contributed by atoms with van der Waals surface area (Å²) in [5.74, 6) is 0.662. The first-order valence-corrected chi connectivity index (χ1v) is 9.17. The fraction of sp³-hybridized carbons (Fsp3) is 0.222. The molecule has 134 valence electrons. The first-order chi connectivity index (χ1) is 12.7. The van der Waals surface area contributed by atoms with E-state index in [0.29, 0.717) is 12.1 Å². The van der Waals surface area contributed by atoms with E-state index in [0.717, 1.165) is 12.2 Å². The number of carbonyl (C=O) groups is 1. The van der Waals surface area contributed by atoms with Gasteiger partial charge in [-0.2, -0.15) is 4.80 Å². The van der Waals surface area contributed by atoms with E-state index in [4.69, 9.17) is 0 Å². The maximum absolute atomic E-state index is 13.2. The van der Waals surface area contributed by atoms with Gasteiger partial charge >= 0.3 is 0 Å². The molecular formula is C18H18FN5OS. The van der Waals surface area contributed by atoms with Crippen LogP contribution in [0.15, 0.2) is 59.5 Å². The Hall–Kier alpha value is -2.74. The Morgan fingerprint density at radius 2 is 2.00 bits per heavy atom. The molecule has 2 aromatic carbocycles. The zero-order valence-corrected chi connectivity index (χ0v) is 14.8. The van der Waals surface area contributed by atoms with Crippen LogP contribution in [-0.2, 0) is 11.3 Å². The third-order valence-electron chi connectivity index (χ3n) is 3.48. The molecule has 0 aliphatic carbocycles. The molecule has 0 aliphatic rings. The highest BCUT2D eigenvalue weighted by molar-refractivity contribution is 7.99. The van der Waals surface area contributed by atoms with Crippen LogP contribution < -0.4 is 5.32 Å². The Kier molecular flexibility index (Phi) is 6.32. The molecule has 0 unspecified atom stereocenters. The van der Waals surface area contributed by atoms with Gasteiger partial charge < -0.3 is 5.32 Å². The Labute approximate surface area is 154 Å². The molecule has 0 spiro atoms. The number of carbonyl (C=O) groups excluding carboxylic acids is 1. The number of thioether (sulfide) groups is 1. The average molecular weight is 371 g/mol. The van der Waals surface area contributed by atoms with Crippen molar-refractivity contribution in [2.75, 3.05) is 12.3 Å². The van der Waals surface area contributed by atoms with Crippen LogP contribution in [0.3, 0.4) is 0 Å². The van der Waals surface area contributed by atoms with E-state index >= 15 is 0 Å². The molecule has 0 radical (unpaired) electrons. The van der Waals surface area contributed by atoms with Crippen molar-refractivity contribution in [3.8, 4) is 11.4 Å². The van der Waals surface area contributed by atoms with E-state index < -0.39 is 0 Å². The number of halogens is 1. The number of amides is 1. The number of rotatable bonds is 8. The Bertz CT molecular complexity index is 856. The highest BCUT2D eigenvalue weighted by Gasteiger charge is 2.09. The van der Waals surface area contributed by atoms with E-state index in [1.165, 1.54) is 21.8 Å². The second kappa shape index (κ2) is 9.10. The van der Waals surface area contributed by atoms with Gasteiger partial charge in [0.15, 0.2) is 0 Å². The number of aromatic nitrogens is 4. The second-order valence-corrected chi connectivity index (χ2v) is 6.69. The summed E-state index contributed by atoms with van der Waals surface area (Å²) in [7, 11) is 0. The zero-order valence-electron chi connectivity index (χ0n) is 14.0. The molecule has 0 fully saturated rings. The Morgan fingerprint density at radius 3 is 2.81 bits per heavy atom. The second-order valence-electron chi connectivity index (χ2n) is 5.52. The lowest BCUT2D eigenvalue weighted by Crippen LogP contribution is -2.29. The predicted octanol–water partition coefficient (Wildman–Crippen LogP) is 2.78. The van der Waals surface area contributed by atoms with E-state index in [1.807, 2.05) is 18.2 Å². The van der Waals surface area contributed by atoms with Crippen LogP contribution in [0.5, 0.6) is 0 Å². The molecule has 26 heavy (non-hydrogen) atoms. The number of tetrazole rings is 1. The maximum atomic E-state index is 13.2. The first kappa shape index (κ1) is 18.1. The summed E-state index contributed by atoms with van der Waals surface area (Å²) >= 11 is 1.76. The number of benzene rings is 2. The topological polar surface area (TPSA) is 72.7 Å². The highest BCUT2D eigenvalue weighted by atomic mass is 32.2. The summed E-state index contributed by atoms with van der Waals surface area (Å²) < 4.78 is 13.2. The minimum atomic E-state index is -0.370. The van der Waals surface area contributed by atoms with E-state index in [1.54, 1.807) is 23.9 Å². The standard InChI is InChI=1S/C18H18FN5OS/c19-15-7-4-6-14(12-15)18-21-23-24(22-18)13-17(25)20-10-5-11-26-16-8-2-1-3-9-16/h1-4,6-9,12H,5,10-11,13H2,(H,20,25). The third-order valence-corrected chi connectivity index (χ3v) is 4.57. The smallest absolute Gasteiger partial charge is 0.243 e. The van der Waals surface area contributed by atoms with Gasteiger partial charge in [0, 0.05) is 17.0 Å². The van der Waals surface area contributed by atoms with E-state index in [9.17, 15) is 9.18 Å². The van der Waals surface area contributed by atoms with Gasteiger partial charge in [-0.3, -0.25) is 4.79 Å². The Morgan fingerprint density at radius 1 is 1.15 bits per heavy atom. The quantitative estimate of drug-likeness (QED) is 0.487. The summed E-state index contributed by atoms with van der Waals surface area (Å²) in [6.45, 7) is 0.568. The molecule has 1 amide bonds. The van der Waals surface area contributed by atoms with E-state index in [2.05, 4.69) is 32.9 Å². The van der Waals surface area contributed by atoms with Gasteiger partial charge in [-0.25, -0.2) is 4.39 Å². The average Bonchev–Trinajstić information content (AvgIpc) is 3.11. The van der Waals surface area contributed by atoms with Crippen LogP contribution in [0, 0.1) is 5.82 Å². The monoisotopic (exact) mass is 371 g/mol. The van der Waals surface area contributed by atoms with Gasteiger partial charge in [0.2, 0.25) is 11.7 Å². The molecule has 3 rings (SSSR count). The van der Waals surface area contributed by atoms with Gasteiger partial charge in [0.1, 0.15) is 12.4 Å². The van der Waals surface area contributed by atoms with Crippen molar-refractivity contribution in [1.29, 1.82) is 0 Å². The van der Waals surface area contributed by atoms with Crippen molar-refractivity contribution in [3.63, 3.8) is 0 Å². The summed E-state index contributed by atoms with van der Waals surface area (Å²) in [5, 5.41) is 14.6. The largest absolute Gasteiger partial charge is 0.354 e. The maximum Gasteiger partial charge on any atom is 0.243 e. The van der Waals surface area contributed by atoms with Crippen molar-refractivity contribution in [3.05, 3.63) is 60.4 Å². The number of nitrogens with zero attached hydrogens (tertiary/aromatic N) is 4. The van der Waals surface area contributed by atoms with Crippen LogP contribution in [0.2, 0.25) is 0 Å². The molecule has 0 saturated carbocycles. The normalized spacial score (nSPS) is 10.7. The van der Waals surface area contributed by atoms with Crippen molar-refractivity contribution in [1.82, 2.24) is 25.5 Å². The van der Waals surface area contributed by atoms with Gasteiger partial charge in [-0.05, 0) is 41.7 Å². The summed E-state index contributed by atoms with van der Waals surface area (Å²) in [6, 6.07) is 16.1. The SMILES string of the molecule is O=C(Cn1nnc(-c2cccc(F)c2)n1)NCCCSc1ccccc1. The minimum Gasteiger partial charge on any atom is -0.354 e. The number of nitrogens with one attached hydrogen (secondary N) is 1. The predicted molar refractivity (Wildman–Crippen MR) is 98.0 cm³/mol. The lowest BCUT2D eigenvalue weighted by molar-refractivity contribution is -0.122. The van der Waals surface area contributed by atoms with Crippen molar-refractivity contribution >= 4 is 17.7 Å². The van der Waals surface area contributed by atoms with Gasteiger partial charge in [-0.1, -0.05) is 30.3 Å². The molecule has 0 saturated heterocycles. The molecule has 0 atom stereocenters. The van der Waals surface area contributed by atoms with Crippen LogP contribution in [-0.4, -0.2) is 38.4 Å². The van der Waals surface area contributed by atoms with Crippen LogP contribution >= 0.6 is 11.8 Å². The van der Waals surface area contributed by atoms with Crippen LogP contribution in [0.4, 0.5) is 4.39 Å². The third kappa shape index (κ3) is 5.38. The lowest BCUT2D eigenvalue weighted by Gasteiger charge is -2.04. The molecule has 0 bridgehead atoms. The first-order valence-electron chi connectivity index (χ1n) is 8.19. The lowest BCUT2D eigenvalue weighted by atomic mass is 10.2. The molecule has 1 aromatic heterocycles. The fourth-order valence-corrected chi connectivity index (χ4v) is 3.12. The Balaban J connectivity index is 1.40. The number of hydrogen-bond acceptors (Lipinski definition) is 5. The molecule has 1 heterocycles. The van der Waals surface area contributed by atoms with Crippen molar-refractivity contribution < 1.29 is 9.18 Å². The van der Waals surface area contributed by atoms with Crippen molar-refractivity contribution in [2.24, 2.45) is 0 Å². The molecule has 1 N–H and O–H groups in total. The van der Waals surface area contributed by atoms with Gasteiger partial charge in [-0.15, -0.1) is 22.0 Å². The number of hydrogen-bond donors (Lipinski definition) is 1. The van der Waals surface area contributed by atoms with Crippen molar-refractivity contribution in [2.45, 2.75) is 17.9 Å². The minimum absolute atomic E-state index is 0.0197. The van der Waals surface area contributed by atoms with Crippen LogP contribution in [0.1, 0.15) is 6.42 Å². The molecule has 6 nitrogen and oxygen atoms in total. The summed E-state index contributed by atoms with van der Waals surface area (Å²) in [6.07, 6.45) is 0.866. The summed E-state index contributed by atoms with van der Waals surface area (Å²) in [4.78, 5) is 14.4. The molecule has 0 aliphatic heterocycles. The van der Waals surface area contributed by atoms with E-state index in [-0.39, 0.29) is 24.1 Å². The highest BCUT2D eigenvalue weighted by Crippen LogP contribution is 2.17. The zero-order chi connectivity index (χ0) is 18.2.